The van der Waals surface area contributed by atoms with Crippen LogP contribution in [0.25, 0.3) is 0 Å². The van der Waals surface area contributed by atoms with Crippen molar-refractivity contribution in [2.24, 2.45) is 9.98 Å². The van der Waals surface area contributed by atoms with Gasteiger partial charge in [0.15, 0.2) is 0 Å². The van der Waals surface area contributed by atoms with E-state index in [2.05, 4.69) is 102 Å². The summed E-state index contributed by atoms with van der Waals surface area (Å²) in [5.41, 5.74) is 10.0. The van der Waals surface area contributed by atoms with Gasteiger partial charge >= 0.3 is 0 Å². The van der Waals surface area contributed by atoms with E-state index in [0.29, 0.717) is 0 Å². The molecule has 2 aromatic heterocycles. The lowest BCUT2D eigenvalue weighted by Gasteiger charge is -2.36. The zero-order valence-corrected chi connectivity index (χ0v) is 26.4. The highest BCUT2D eigenvalue weighted by molar-refractivity contribution is 5.99. The number of allylic oxidation sites excluding steroid dienone is 4. The van der Waals surface area contributed by atoms with Gasteiger partial charge in [0.05, 0.1) is 10.8 Å². The summed E-state index contributed by atoms with van der Waals surface area (Å²) in [6, 6.07) is 9.47. The van der Waals surface area contributed by atoms with E-state index in [4.69, 9.17) is 9.98 Å². The second kappa shape index (κ2) is 10.7. The topological polar surface area (TPSA) is 56.3 Å². The van der Waals surface area contributed by atoms with Crippen LogP contribution in [0.3, 0.4) is 0 Å². The van der Waals surface area contributed by atoms with Gasteiger partial charge in [0, 0.05) is 69.3 Å². The van der Waals surface area contributed by atoms with Crippen molar-refractivity contribution in [2.75, 3.05) is 0 Å². The van der Waals surface area contributed by atoms with Gasteiger partial charge in [0.25, 0.3) is 0 Å². The number of aromatic amines is 2. The van der Waals surface area contributed by atoms with Crippen molar-refractivity contribution in [1.82, 2.24) is 9.97 Å². The maximum atomic E-state index is 5.57. The summed E-state index contributed by atoms with van der Waals surface area (Å²) < 4.78 is 0. The molecule has 5 heterocycles. The molecule has 0 spiro atoms. The molecule has 0 amide bonds. The normalized spacial score (nSPS) is 22.0. The molecule has 8 bridgehead atoms. The van der Waals surface area contributed by atoms with E-state index in [0.717, 1.165) is 64.2 Å². The number of rotatable bonds is 8. The molecule has 3 aliphatic rings. The first-order chi connectivity index (χ1) is 19.3. The lowest BCUT2D eigenvalue weighted by Crippen LogP contribution is -2.36. The van der Waals surface area contributed by atoms with E-state index in [9.17, 15) is 0 Å². The predicted molar refractivity (Wildman–Crippen MR) is 171 cm³/mol. The van der Waals surface area contributed by atoms with Crippen LogP contribution >= 0.6 is 0 Å². The Morgan fingerprint density at radius 2 is 0.750 bits per heavy atom. The van der Waals surface area contributed by atoms with Gasteiger partial charge in [-0.2, -0.15) is 0 Å². The number of fused-ring (bicyclic) bond motifs is 6. The first-order valence-electron chi connectivity index (χ1n) is 16.3. The molecule has 0 unspecified atom stereocenters. The molecule has 0 atom stereocenters. The Morgan fingerprint density at radius 3 is 1.02 bits per heavy atom. The van der Waals surface area contributed by atoms with Gasteiger partial charge < -0.3 is 9.97 Å². The zero-order valence-electron chi connectivity index (χ0n) is 26.4. The minimum atomic E-state index is -0.112. The third kappa shape index (κ3) is 3.77. The largest absolute Gasteiger partial charge is 0.361 e. The summed E-state index contributed by atoms with van der Waals surface area (Å²) in [6.07, 6.45) is 15.0. The number of nitrogens with zero attached hydrogens (tertiary/aromatic N) is 2. The van der Waals surface area contributed by atoms with Crippen LogP contribution in [0.4, 0.5) is 0 Å². The predicted octanol–water partition coefficient (Wildman–Crippen LogP) is 9.74. The monoisotopic (exact) mass is 540 g/mol. The minimum absolute atomic E-state index is 0.0903. The minimum Gasteiger partial charge on any atom is -0.361 e. The van der Waals surface area contributed by atoms with Crippen molar-refractivity contribution in [2.45, 2.75) is 141 Å². The van der Waals surface area contributed by atoms with Crippen LogP contribution in [0.15, 0.2) is 57.8 Å². The maximum absolute atomic E-state index is 5.57. The molecule has 4 nitrogen and oxygen atoms in total. The van der Waals surface area contributed by atoms with Crippen molar-refractivity contribution in [1.29, 1.82) is 0 Å². The van der Waals surface area contributed by atoms with Gasteiger partial charge in [0.1, 0.15) is 0 Å². The molecule has 2 aromatic rings. The first kappa shape index (κ1) is 28.9. The van der Waals surface area contributed by atoms with Crippen molar-refractivity contribution in [3.05, 3.63) is 70.6 Å². The van der Waals surface area contributed by atoms with E-state index >= 15 is 0 Å². The fourth-order valence-electron chi connectivity index (χ4n) is 8.63. The quantitative estimate of drug-likeness (QED) is 0.335. The van der Waals surface area contributed by atoms with Crippen LogP contribution in [0.1, 0.15) is 142 Å². The summed E-state index contributed by atoms with van der Waals surface area (Å²) >= 11 is 0. The Hall–Kier alpha value is -2.62. The Balaban J connectivity index is 1.81. The third-order valence-electron chi connectivity index (χ3n) is 11.8. The van der Waals surface area contributed by atoms with E-state index in [1.807, 2.05) is 0 Å². The Bertz CT molecular complexity index is 1240. The highest BCUT2D eigenvalue weighted by Gasteiger charge is 2.46. The average molecular weight is 541 g/mol. The van der Waals surface area contributed by atoms with Crippen molar-refractivity contribution >= 4 is 11.4 Å². The van der Waals surface area contributed by atoms with Gasteiger partial charge in [-0.3, -0.25) is 9.98 Å². The number of aliphatic imine (C=N–C) groups is 2. The van der Waals surface area contributed by atoms with Crippen molar-refractivity contribution in [3.63, 3.8) is 0 Å². The van der Waals surface area contributed by atoms with Gasteiger partial charge in [-0.1, -0.05) is 67.5 Å². The zero-order chi connectivity index (χ0) is 28.8. The van der Waals surface area contributed by atoms with E-state index in [1.165, 1.54) is 45.6 Å². The highest BCUT2D eigenvalue weighted by Crippen LogP contribution is 2.49. The summed E-state index contributed by atoms with van der Waals surface area (Å²) in [5, 5.41) is 0. The van der Waals surface area contributed by atoms with Gasteiger partial charge in [0.2, 0.25) is 0 Å². The number of hydrogen-bond donors (Lipinski definition) is 2. The van der Waals surface area contributed by atoms with Crippen LogP contribution in [-0.2, 0) is 21.7 Å². The second-order valence-corrected chi connectivity index (χ2v) is 12.4. The van der Waals surface area contributed by atoms with E-state index < -0.39 is 0 Å². The summed E-state index contributed by atoms with van der Waals surface area (Å²) in [6.45, 7) is 18.7. The second-order valence-electron chi connectivity index (χ2n) is 12.4. The lowest BCUT2D eigenvalue weighted by atomic mass is 9.74. The standard InChI is InChI=1S/C36H52N4/c1-9-33(10-2)25-17-19-27(37-25)34(11-3,12-4)29-21-23-31(39-29)36(15-7,16-8)32-24-22-30(40-32)35(13-5,14-6)28-20-18-26(33)38-28/h17-19,22-24,37,40H,9-16,20-21H2,1-8H3. The molecule has 40 heavy (non-hydrogen) atoms. The summed E-state index contributed by atoms with van der Waals surface area (Å²) in [7, 11) is 0. The molecule has 5 rings (SSSR count). The summed E-state index contributed by atoms with van der Waals surface area (Å²) in [4.78, 5) is 19.2. The molecule has 2 N–H and O–H groups in total. The molecule has 4 heteroatoms. The molecule has 0 saturated heterocycles. The molecule has 0 aromatic carbocycles. The molecule has 3 aliphatic heterocycles. The fourth-order valence-corrected chi connectivity index (χ4v) is 8.63. The molecular weight excluding hydrogens is 488 g/mol. The van der Waals surface area contributed by atoms with Crippen LogP contribution in [0.5, 0.6) is 0 Å². The molecule has 0 radical (unpaired) electrons. The van der Waals surface area contributed by atoms with Gasteiger partial charge in [-0.15, -0.1) is 0 Å². The average Bonchev–Trinajstić information content (AvgIpc) is 3.81. The van der Waals surface area contributed by atoms with Crippen molar-refractivity contribution < 1.29 is 0 Å². The number of hydrogen-bond acceptors (Lipinski definition) is 2. The Morgan fingerprint density at radius 1 is 0.475 bits per heavy atom. The molecule has 216 valence electrons. The van der Waals surface area contributed by atoms with E-state index in [1.54, 1.807) is 0 Å². The molecular formula is C36H52N4. The van der Waals surface area contributed by atoms with Crippen molar-refractivity contribution in [3.8, 4) is 0 Å². The van der Waals surface area contributed by atoms with E-state index in [-0.39, 0.29) is 21.7 Å². The lowest BCUT2D eigenvalue weighted by molar-refractivity contribution is 0.440. The molecule has 0 aliphatic carbocycles. The number of aromatic nitrogens is 2. The van der Waals surface area contributed by atoms with Crippen LogP contribution in [0.2, 0.25) is 0 Å². The first-order valence-corrected chi connectivity index (χ1v) is 16.3. The molecule has 0 saturated carbocycles. The molecule has 0 fully saturated rings. The van der Waals surface area contributed by atoms with Gasteiger partial charge in [-0.05, 0) is 75.6 Å². The maximum Gasteiger partial charge on any atom is 0.0517 e. The fraction of sp³-hybridized carbons (Fsp3) is 0.611. The number of H-pyrrole nitrogens is 2. The third-order valence-corrected chi connectivity index (χ3v) is 11.8. The Labute approximate surface area is 243 Å². The smallest absolute Gasteiger partial charge is 0.0517 e. The van der Waals surface area contributed by atoms with Gasteiger partial charge in [-0.25, -0.2) is 0 Å². The summed E-state index contributed by atoms with van der Waals surface area (Å²) in [5.74, 6) is 0. The van der Waals surface area contributed by atoms with Crippen LogP contribution < -0.4 is 0 Å². The number of nitrogens with one attached hydrogen (secondary N) is 2. The van der Waals surface area contributed by atoms with Crippen LogP contribution in [0, 0.1) is 0 Å². The SMILES string of the molecule is CCC1(CC)C2=CCC(=N2)C(CC)(CC)c2ccc([nH]2)C(CC)(CC)C2=CCC(=N2)C(CC)(CC)c2ccc1[nH]2. The van der Waals surface area contributed by atoms with Crippen LogP contribution in [-0.4, -0.2) is 21.4 Å². The highest BCUT2D eigenvalue weighted by atomic mass is 14.9. The Kier molecular flexibility index (Phi) is 7.70.